The molecule has 0 aromatic heterocycles. The number of carbonyl (C=O) groups is 1. The van der Waals surface area contributed by atoms with Crippen molar-refractivity contribution >= 4 is 17.5 Å². The molecule has 0 saturated heterocycles. The second-order valence-electron chi connectivity index (χ2n) is 3.83. The van der Waals surface area contributed by atoms with Crippen molar-refractivity contribution in [1.29, 1.82) is 0 Å². The first kappa shape index (κ1) is 14.8. The Labute approximate surface area is 108 Å². The van der Waals surface area contributed by atoms with Gasteiger partial charge in [0, 0.05) is 5.02 Å². The SMILES string of the molecule is O=C(NC(CO)(CO)CO)c1ccc(Cl)cc1F. The summed E-state index contributed by atoms with van der Waals surface area (Å²) >= 11 is 5.54. The number of benzene rings is 1. The Morgan fingerprint density at radius 1 is 1.28 bits per heavy atom. The number of aliphatic hydroxyl groups excluding tert-OH is 3. The highest BCUT2D eigenvalue weighted by Crippen LogP contribution is 2.15. The quantitative estimate of drug-likeness (QED) is 0.606. The molecule has 0 radical (unpaired) electrons. The lowest BCUT2D eigenvalue weighted by molar-refractivity contribution is 0.0373. The average molecular weight is 278 g/mol. The van der Waals surface area contributed by atoms with Crippen LogP contribution >= 0.6 is 11.6 Å². The highest BCUT2D eigenvalue weighted by molar-refractivity contribution is 6.30. The average Bonchev–Trinajstić information content (AvgIpc) is 2.36. The van der Waals surface area contributed by atoms with Crippen molar-refractivity contribution in [1.82, 2.24) is 5.32 Å². The zero-order chi connectivity index (χ0) is 13.8. The van der Waals surface area contributed by atoms with Crippen LogP contribution in [-0.4, -0.2) is 46.6 Å². The highest BCUT2D eigenvalue weighted by Gasteiger charge is 2.31. The fourth-order valence-electron chi connectivity index (χ4n) is 1.25. The zero-order valence-corrected chi connectivity index (χ0v) is 10.1. The zero-order valence-electron chi connectivity index (χ0n) is 9.36. The monoisotopic (exact) mass is 277 g/mol. The summed E-state index contributed by atoms with van der Waals surface area (Å²) in [6.07, 6.45) is 0. The van der Waals surface area contributed by atoms with Gasteiger partial charge in [-0.25, -0.2) is 4.39 Å². The summed E-state index contributed by atoms with van der Waals surface area (Å²) in [6.45, 7) is -2.04. The molecule has 0 aliphatic rings. The largest absolute Gasteiger partial charge is 0.394 e. The minimum absolute atomic E-state index is 0.141. The van der Waals surface area contributed by atoms with E-state index in [0.29, 0.717) is 0 Å². The number of amides is 1. The minimum Gasteiger partial charge on any atom is -0.394 e. The predicted molar refractivity (Wildman–Crippen MR) is 62.9 cm³/mol. The summed E-state index contributed by atoms with van der Waals surface area (Å²) in [5.74, 6) is -1.69. The van der Waals surface area contributed by atoms with Crippen LogP contribution in [0.1, 0.15) is 10.4 Å². The number of hydrogen-bond donors (Lipinski definition) is 4. The van der Waals surface area contributed by atoms with E-state index in [1.807, 2.05) is 0 Å². The Morgan fingerprint density at radius 2 is 1.83 bits per heavy atom. The van der Waals surface area contributed by atoms with Crippen LogP contribution in [0.25, 0.3) is 0 Å². The standard InChI is InChI=1S/C11H13ClFNO4/c12-7-1-2-8(9(13)3-7)10(18)14-11(4-15,5-16)6-17/h1-3,15-17H,4-6H2,(H,14,18). The van der Waals surface area contributed by atoms with Gasteiger partial charge in [-0.05, 0) is 18.2 Å². The van der Waals surface area contributed by atoms with Crippen LogP contribution in [-0.2, 0) is 0 Å². The maximum absolute atomic E-state index is 13.5. The Balaban J connectivity index is 2.94. The lowest BCUT2D eigenvalue weighted by atomic mass is 10.0. The van der Waals surface area contributed by atoms with E-state index in [4.69, 9.17) is 26.9 Å². The molecule has 1 rings (SSSR count). The van der Waals surface area contributed by atoms with Crippen LogP contribution < -0.4 is 5.32 Å². The van der Waals surface area contributed by atoms with Crippen molar-refractivity contribution in [3.8, 4) is 0 Å². The fourth-order valence-corrected chi connectivity index (χ4v) is 1.41. The van der Waals surface area contributed by atoms with E-state index in [1.165, 1.54) is 12.1 Å². The van der Waals surface area contributed by atoms with E-state index in [2.05, 4.69) is 5.32 Å². The number of hydrogen-bond acceptors (Lipinski definition) is 4. The van der Waals surface area contributed by atoms with E-state index < -0.39 is 37.1 Å². The molecule has 5 nitrogen and oxygen atoms in total. The number of carbonyl (C=O) groups excluding carboxylic acids is 1. The molecule has 1 aromatic rings. The molecule has 0 heterocycles. The lowest BCUT2D eigenvalue weighted by Gasteiger charge is -2.28. The van der Waals surface area contributed by atoms with Gasteiger partial charge in [-0.2, -0.15) is 0 Å². The molecule has 4 N–H and O–H groups in total. The molecule has 0 bridgehead atoms. The van der Waals surface area contributed by atoms with E-state index in [1.54, 1.807) is 0 Å². The van der Waals surface area contributed by atoms with E-state index in [0.717, 1.165) is 6.07 Å². The van der Waals surface area contributed by atoms with Crippen molar-refractivity contribution in [2.45, 2.75) is 5.54 Å². The molecule has 0 aliphatic carbocycles. The van der Waals surface area contributed by atoms with Crippen LogP contribution in [0.3, 0.4) is 0 Å². The Morgan fingerprint density at radius 3 is 2.28 bits per heavy atom. The molecule has 0 unspecified atom stereocenters. The van der Waals surface area contributed by atoms with Crippen LogP contribution in [0, 0.1) is 5.82 Å². The van der Waals surface area contributed by atoms with Gasteiger partial charge >= 0.3 is 0 Å². The summed E-state index contributed by atoms with van der Waals surface area (Å²) in [5, 5.41) is 29.4. The smallest absolute Gasteiger partial charge is 0.254 e. The molecule has 0 spiro atoms. The normalized spacial score (nSPS) is 11.4. The van der Waals surface area contributed by atoms with Crippen molar-refractivity contribution < 1.29 is 24.5 Å². The van der Waals surface area contributed by atoms with Gasteiger partial charge in [-0.15, -0.1) is 0 Å². The first-order chi connectivity index (χ1) is 8.48. The van der Waals surface area contributed by atoms with Crippen LogP contribution in [0.4, 0.5) is 4.39 Å². The third kappa shape index (κ3) is 3.17. The minimum atomic E-state index is -1.59. The van der Waals surface area contributed by atoms with Crippen molar-refractivity contribution in [2.24, 2.45) is 0 Å². The van der Waals surface area contributed by atoms with Gasteiger partial charge in [0.1, 0.15) is 11.4 Å². The van der Waals surface area contributed by atoms with Gasteiger partial charge in [-0.3, -0.25) is 4.79 Å². The Hall–Kier alpha value is -1.21. The topological polar surface area (TPSA) is 89.8 Å². The van der Waals surface area contributed by atoms with Gasteiger partial charge < -0.3 is 20.6 Å². The maximum atomic E-state index is 13.5. The van der Waals surface area contributed by atoms with Gasteiger partial charge in [-0.1, -0.05) is 11.6 Å². The van der Waals surface area contributed by atoms with Gasteiger partial charge in [0.05, 0.1) is 25.4 Å². The molecule has 0 fully saturated rings. The Bertz CT molecular complexity index is 429. The third-order valence-electron chi connectivity index (χ3n) is 2.46. The van der Waals surface area contributed by atoms with Crippen LogP contribution in [0.2, 0.25) is 5.02 Å². The molecule has 100 valence electrons. The third-order valence-corrected chi connectivity index (χ3v) is 2.70. The van der Waals surface area contributed by atoms with Crippen molar-refractivity contribution in [2.75, 3.05) is 19.8 Å². The predicted octanol–water partition coefficient (Wildman–Crippen LogP) is -0.0754. The van der Waals surface area contributed by atoms with Crippen molar-refractivity contribution in [3.05, 3.63) is 34.6 Å². The molecule has 0 saturated carbocycles. The molecule has 7 heteroatoms. The van der Waals surface area contributed by atoms with Crippen molar-refractivity contribution in [3.63, 3.8) is 0 Å². The maximum Gasteiger partial charge on any atom is 0.254 e. The number of rotatable bonds is 5. The lowest BCUT2D eigenvalue weighted by Crippen LogP contribution is -2.57. The van der Waals surface area contributed by atoms with Gasteiger partial charge in [0.2, 0.25) is 0 Å². The number of aliphatic hydroxyl groups is 3. The van der Waals surface area contributed by atoms with E-state index >= 15 is 0 Å². The highest BCUT2D eigenvalue weighted by atomic mass is 35.5. The summed E-state index contributed by atoms with van der Waals surface area (Å²) in [5.41, 5.74) is -1.89. The summed E-state index contributed by atoms with van der Waals surface area (Å²) in [4.78, 5) is 11.7. The molecule has 18 heavy (non-hydrogen) atoms. The first-order valence-corrected chi connectivity index (χ1v) is 5.46. The Kier molecular flexibility index (Phi) is 5.03. The van der Waals surface area contributed by atoms with Crippen LogP contribution in [0.15, 0.2) is 18.2 Å². The van der Waals surface area contributed by atoms with Gasteiger partial charge in [0.25, 0.3) is 5.91 Å². The van der Waals surface area contributed by atoms with E-state index in [9.17, 15) is 9.18 Å². The first-order valence-electron chi connectivity index (χ1n) is 5.08. The van der Waals surface area contributed by atoms with Crippen LogP contribution in [0.5, 0.6) is 0 Å². The molecule has 1 amide bonds. The summed E-state index contributed by atoms with van der Waals surface area (Å²) in [7, 11) is 0. The number of halogens is 2. The molecule has 0 aliphatic heterocycles. The fraction of sp³-hybridized carbons (Fsp3) is 0.364. The molecular weight excluding hydrogens is 265 g/mol. The van der Waals surface area contributed by atoms with E-state index in [-0.39, 0.29) is 10.6 Å². The second-order valence-corrected chi connectivity index (χ2v) is 4.27. The molecular formula is C11H13ClFNO4. The second kappa shape index (κ2) is 6.10. The van der Waals surface area contributed by atoms with Gasteiger partial charge in [0.15, 0.2) is 0 Å². The summed E-state index contributed by atoms with van der Waals surface area (Å²) < 4.78 is 13.5. The summed E-state index contributed by atoms with van der Waals surface area (Å²) in [6, 6.07) is 3.47. The molecule has 1 aromatic carbocycles. The number of nitrogens with one attached hydrogen (secondary N) is 1. The molecule has 0 atom stereocenters.